The topological polar surface area (TPSA) is 68.0 Å². The number of nitrogens with two attached hydrogens (primary N) is 1. The van der Waals surface area contributed by atoms with Gasteiger partial charge in [-0.1, -0.05) is 38.1 Å². The summed E-state index contributed by atoms with van der Waals surface area (Å²) in [5.74, 6) is 0.276. The molecule has 1 heterocycles. The average molecular weight is 352 g/mol. The summed E-state index contributed by atoms with van der Waals surface area (Å²) in [5, 5.41) is 4.09. The molecule has 0 radical (unpaired) electrons. The monoisotopic (exact) mass is 351 g/mol. The lowest BCUT2D eigenvalue weighted by molar-refractivity contribution is 0.0936. The largest absolute Gasteiger partial charge is 0.346 e. The third-order valence-electron chi connectivity index (χ3n) is 4.12. The first-order chi connectivity index (χ1) is 10.5. The minimum atomic E-state index is -0.141. The first-order valence-corrected chi connectivity index (χ1v) is 8.40. The zero-order valence-corrected chi connectivity index (χ0v) is 15.1. The van der Waals surface area contributed by atoms with Crippen LogP contribution in [-0.2, 0) is 6.42 Å². The molecule has 1 aromatic carbocycles. The number of carbonyl (C=O) groups is 1. The second-order valence-corrected chi connectivity index (χ2v) is 7.16. The molecule has 2 aromatic rings. The molecule has 0 saturated carbocycles. The van der Waals surface area contributed by atoms with E-state index in [1.54, 1.807) is 0 Å². The number of aromatic nitrogens is 1. The molecule has 0 fully saturated rings. The van der Waals surface area contributed by atoms with Crippen molar-refractivity contribution in [3.8, 4) is 0 Å². The highest BCUT2D eigenvalue weighted by Crippen LogP contribution is 2.30. The first-order valence-electron chi connectivity index (χ1n) is 7.59. The summed E-state index contributed by atoms with van der Waals surface area (Å²) in [7, 11) is 0. The van der Waals surface area contributed by atoms with Crippen molar-refractivity contribution in [1.29, 1.82) is 0 Å². The maximum absolute atomic E-state index is 12.6. The van der Waals surface area contributed by atoms with E-state index in [2.05, 4.69) is 30.2 Å². The number of benzene rings is 1. The number of aryl methyl sites for hydroxylation is 1. The van der Waals surface area contributed by atoms with E-state index in [0.717, 1.165) is 22.7 Å². The van der Waals surface area contributed by atoms with E-state index in [0.29, 0.717) is 10.8 Å². The molecule has 2 atom stereocenters. The van der Waals surface area contributed by atoms with Gasteiger partial charge in [0.2, 0.25) is 0 Å². The van der Waals surface area contributed by atoms with Gasteiger partial charge in [0.25, 0.3) is 5.91 Å². The highest BCUT2D eigenvalue weighted by atomic mass is 35.5. The Hall–Kier alpha value is -1.43. The molecule has 0 spiro atoms. The van der Waals surface area contributed by atoms with Crippen LogP contribution < -0.4 is 11.1 Å². The van der Waals surface area contributed by atoms with Crippen LogP contribution in [0.25, 0.3) is 0 Å². The van der Waals surface area contributed by atoms with Crippen LogP contribution in [0.2, 0.25) is 0 Å². The van der Waals surface area contributed by atoms with Gasteiger partial charge in [-0.15, -0.1) is 23.7 Å². The second kappa shape index (κ2) is 6.99. The predicted molar refractivity (Wildman–Crippen MR) is 96.5 cm³/mol. The molecule has 1 aliphatic carbocycles. The Morgan fingerprint density at radius 3 is 2.70 bits per heavy atom. The van der Waals surface area contributed by atoms with Crippen molar-refractivity contribution in [2.75, 3.05) is 0 Å². The Bertz CT molecular complexity index is 714. The molecule has 23 heavy (non-hydrogen) atoms. The fourth-order valence-electron chi connectivity index (χ4n) is 2.88. The summed E-state index contributed by atoms with van der Waals surface area (Å²) in [6.07, 6.45) is 0.790. The lowest BCUT2D eigenvalue weighted by Crippen LogP contribution is -2.40. The molecule has 3 N–H and O–H groups in total. The number of hydrogen-bond acceptors (Lipinski definition) is 4. The van der Waals surface area contributed by atoms with Gasteiger partial charge in [0.05, 0.1) is 22.8 Å². The Balaban J connectivity index is 0.00000192. The molecular weight excluding hydrogens is 330 g/mol. The molecule has 1 aromatic heterocycles. The van der Waals surface area contributed by atoms with Crippen molar-refractivity contribution in [1.82, 2.24) is 10.3 Å². The molecular formula is C17H22ClN3OS. The highest BCUT2D eigenvalue weighted by molar-refractivity contribution is 7.13. The lowest BCUT2D eigenvalue weighted by Gasteiger charge is -2.17. The summed E-state index contributed by atoms with van der Waals surface area (Å²) in [5.41, 5.74) is 9.44. The van der Waals surface area contributed by atoms with E-state index < -0.39 is 0 Å². The standard InChI is InChI=1S/C17H21N3OS.ClH/c1-9(2)17-19-10(3)15(22-17)16(21)20-13-8-11-6-4-5-7-12(11)14(13)18;/h4-7,9,13-14H,8,18H2,1-3H3,(H,20,21);1H/t13-,14-;/m0./s1. The number of carbonyl (C=O) groups excluding carboxylic acids is 1. The minimum absolute atomic E-state index is 0. The van der Waals surface area contributed by atoms with E-state index in [-0.39, 0.29) is 30.4 Å². The lowest BCUT2D eigenvalue weighted by atomic mass is 10.1. The summed E-state index contributed by atoms with van der Waals surface area (Å²) in [6.45, 7) is 6.06. The molecule has 4 nitrogen and oxygen atoms in total. The van der Waals surface area contributed by atoms with Crippen molar-refractivity contribution < 1.29 is 4.79 Å². The zero-order valence-electron chi connectivity index (χ0n) is 13.5. The average Bonchev–Trinajstić information content (AvgIpc) is 3.01. The zero-order chi connectivity index (χ0) is 15.9. The SMILES string of the molecule is Cc1nc(C(C)C)sc1C(=O)N[C@H]1Cc2ccccc2[C@@H]1N.Cl. The molecule has 0 aliphatic heterocycles. The van der Waals surface area contributed by atoms with Gasteiger partial charge >= 0.3 is 0 Å². The third-order valence-corrected chi connectivity index (χ3v) is 5.57. The fourth-order valence-corrected chi connectivity index (χ4v) is 3.85. The molecule has 1 aliphatic rings. The van der Waals surface area contributed by atoms with Gasteiger partial charge in [0.15, 0.2) is 0 Å². The van der Waals surface area contributed by atoms with Gasteiger partial charge in [0.1, 0.15) is 4.88 Å². The number of hydrogen-bond donors (Lipinski definition) is 2. The third kappa shape index (κ3) is 3.42. The van der Waals surface area contributed by atoms with Gasteiger partial charge in [-0.25, -0.2) is 4.98 Å². The van der Waals surface area contributed by atoms with Crippen molar-refractivity contribution in [3.05, 3.63) is 51.0 Å². The fraction of sp³-hybridized carbons (Fsp3) is 0.412. The van der Waals surface area contributed by atoms with Crippen LogP contribution in [0.15, 0.2) is 24.3 Å². The maximum atomic E-state index is 12.6. The Morgan fingerprint density at radius 2 is 2.09 bits per heavy atom. The number of halogens is 1. The molecule has 1 amide bonds. The number of thiazole rings is 1. The molecule has 6 heteroatoms. The minimum Gasteiger partial charge on any atom is -0.346 e. The quantitative estimate of drug-likeness (QED) is 0.891. The summed E-state index contributed by atoms with van der Waals surface area (Å²) < 4.78 is 0. The number of fused-ring (bicyclic) bond motifs is 1. The maximum Gasteiger partial charge on any atom is 0.263 e. The molecule has 3 rings (SSSR count). The van der Waals surface area contributed by atoms with Crippen LogP contribution in [0.3, 0.4) is 0 Å². The van der Waals surface area contributed by atoms with Gasteiger partial charge in [0, 0.05) is 5.92 Å². The van der Waals surface area contributed by atoms with Crippen molar-refractivity contribution >= 4 is 29.7 Å². The number of rotatable bonds is 3. The van der Waals surface area contributed by atoms with E-state index in [9.17, 15) is 4.79 Å². The van der Waals surface area contributed by atoms with Gasteiger partial charge in [-0.2, -0.15) is 0 Å². The Morgan fingerprint density at radius 1 is 1.39 bits per heavy atom. The van der Waals surface area contributed by atoms with E-state index in [4.69, 9.17) is 5.73 Å². The smallest absolute Gasteiger partial charge is 0.263 e. The van der Waals surface area contributed by atoms with Crippen LogP contribution in [-0.4, -0.2) is 16.9 Å². The molecule has 0 saturated heterocycles. The molecule has 124 valence electrons. The van der Waals surface area contributed by atoms with Crippen molar-refractivity contribution in [3.63, 3.8) is 0 Å². The van der Waals surface area contributed by atoms with Gasteiger partial charge in [-0.3, -0.25) is 4.79 Å². The van der Waals surface area contributed by atoms with Crippen LogP contribution >= 0.6 is 23.7 Å². The van der Waals surface area contributed by atoms with Gasteiger partial charge in [-0.05, 0) is 24.5 Å². The molecule has 0 bridgehead atoms. The highest BCUT2D eigenvalue weighted by Gasteiger charge is 2.31. The predicted octanol–water partition coefficient (Wildman–Crippen LogP) is 3.35. The number of nitrogens with one attached hydrogen (secondary N) is 1. The Labute approximate surface area is 146 Å². The summed E-state index contributed by atoms with van der Waals surface area (Å²) >= 11 is 1.48. The van der Waals surface area contributed by atoms with Crippen LogP contribution in [0, 0.1) is 6.92 Å². The van der Waals surface area contributed by atoms with Gasteiger partial charge < -0.3 is 11.1 Å². The van der Waals surface area contributed by atoms with E-state index in [1.807, 2.05) is 25.1 Å². The van der Waals surface area contributed by atoms with E-state index in [1.165, 1.54) is 16.9 Å². The second-order valence-electron chi connectivity index (χ2n) is 6.13. The van der Waals surface area contributed by atoms with Crippen LogP contribution in [0.4, 0.5) is 0 Å². The van der Waals surface area contributed by atoms with Crippen LogP contribution in [0.1, 0.15) is 57.3 Å². The van der Waals surface area contributed by atoms with Crippen LogP contribution in [0.5, 0.6) is 0 Å². The Kier molecular flexibility index (Phi) is 5.45. The summed E-state index contributed by atoms with van der Waals surface area (Å²) in [6, 6.07) is 7.94. The van der Waals surface area contributed by atoms with Crippen molar-refractivity contribution in [2.24, 2.45) is 5.73 Å². The summed E-state index contributed by atoms with van der Waals surface area (Å²) in [4.78, 5) is 17.7. The number of amides is 1. The van der Waals surface area contributed by atoms with Crippen molar-refractivity contribution in [2.45, 2.75) is 45.2 Å². The van der Waals surface area contributed by atoms with E-state index >= 15 is 0 Å². The first kappa shape index (κ1) is 17.9. The molecule has 0 unspecified atom stereocenters. The normalized spacial score (nSPS) is 19.3. The number of nitrogens with zero attached hydrogens (tertiary/aromatic N) is 1.